The predicted octanol–water partition coefficient (Wildman–Crippen LogP) is 5.30. The van der Waals surface area contributed by atoms with Crippen LogP contribution in [0.1, 0.15) is 50.7 Å². The molecule has 2 aromatic rings. The maximum atomic E-state index is 13.1. The molecule has 212 valence electrons. The smallest absolute Gasteiger partial charge is 0.333 e. The quantitative estimate of drug-likeness (QED) is 0.270. The molecule has 0 amide bonds. The van der Waals surface area contributed by atoms with Gasteiger partial charge in [0.25, 0.3) is 0 Å². The molecular formula is C34H44N4O2. The van der Waals surface area contributed by atoms with Crippen molar-refractivity contribution in [1.82, 2.24) is 9.80 Å². The van der Waals surface area contributed by atoms with Gasteiger partial charge in [-0.2, -0.15) is 0 Å². The molecule has 6 heteroatoms. The normalized spacial score (nSPS) is 29.9. The van der Waals surface area contributed by atoms with Crippen molar-refractivity contribution in [3.05, 3.63) is 83.0 Å². The van der Waals surface area contributed by atoms with Gasteiger partial charge >= 0.3 is 5.97 Å². The van der Waals surface area contributed by atoms with Gasteiger partial charge in [-0.15, -0.1) is 0 Å². The van der Waals surface area contributed by atoms with Crippen molar-refractivity contribution >= 4 is 17.3 Å². The van der Waals surface area contributed by atoms with Crippen LogP contribution in [0, 0.1) is 0 Å². The summed E-state index contributed by atoms with van der Waals surface area (Å²) in [7, 11) is 8.85. The van der Waals surface area contributed by atoms with Crippen molar-refractivity contribution < 1.29 is 9.53 Å². The summed E-state index contributed by atoms with van der Waals surface area (Å²) in [6.07, 6.45) is 9.11. The van der Waals surface area contributed by atoms with Gasteiger partial charge in [-0.25, -0.2) is 4.79 Å². The number of para-hydroxylation sites is 2. The summed E-state index contributed by atoms with van der Waals surface area (Å²) in [5.74, 6) is -0.214. The van der Waals surface area contributed by atoms with E-state index >= 15 is 0 Å². The van der Waals surface area contributed by atoms with Gasteiger partial charge in [-0.05, 0) is 82.5 Å². The van der Waals surface area contributed by atoms with Crippen LogP contribution < -0.4 is 9.80 Å². The average molecular weight is 541 g/mol. The molecule has 0 aromatic heterocycles. The summed E-state index contributed by atoms with van der Waals surface area (Å²) in [6.45, 7) is 6.47. The van der Waals surface area contributed by atoms with Gasteiger partial charge in [0.2, 0.25) is 0 Å². The van der Waals surface area contributed by atoms with E-state index < -0.39 is 0 Å². The molecule has 0 aliphatic carbocycles. The fourth-order valence-electron chi connectivity index (χ4n) is 8.41. The number of carbonyl (C=O) groups is 1. The highest BCUT2D eigenvalue weighted by molar-refractivity contribution is 5.87. The number of likely N-dealkylation sites (N-methyl/N-ethyl adjacent to an activating group) is 4. The Labute approximate surface area is 239 Å². The number of likely N-dealkylation sites (tertiary alicyclic amines) is 2. The monoisotopic (exact) mass is 540 g/mol. The number of carbonyl (C=O) groups excluding carboxylic acids is 1. The fourth-order valence-corrected chi connectivity index (χ4v) is 8.41. The number of fused-ring (bicyclic) bond motifs is 6. The number of hydrogen-bond acceptors (Lipinski definition) is 6. The van der Waals surface area contributed by atoms with Gasteiger partial charge in [0, 0.05) is 55.0 Å². The maximum Gasteiger partial charge on any atom is 0.333 e. The van der Waals surface area contributed by atoms with Crippen molar-refractivity contribution in [2.45, 2.75) is 62.7 Å². The molecule has 4 unspecified atom stereocenters. The first-order valence-electron chi connectivity index (χ1n) is 14.7. The van der Waals surface area contributed by atoms with Gasteiger partial charge in [0.05, 0.1) is 12.3 Å². The van der Waals surface area contributed by atoms with Crippen LogP contribution in [0.4, 0.5) is 11.4 Å². The Hall–Kier alpha value is -3.09. The Balaban J connectivity index is 1.12. The highest BCUT2D eigenvalue weighted by Crippen LogP contribution is 2.54. The topological polar surface area (TPSA) is 39.3 Å². The summed E-state index contributed by atoms with van der Waals surface area (Å²) in [5.41, 5.74) is 7.38. The number of rotatable bonds is 7. The number of benzene rings is 2. The molecular weight excluding hydrogens is 496 g/mol. The minimum atomic E-state index is -0.214. The maximum absolute atomic E-state index is 13.1. The van der Waals surface area contributed by atoms with Crippen LogP contribution in [0.2, 0.25) is 0 Å². The number of esters is 1. The third-order valence-corrected chi connectivity index (χ3v) is 10.4. The summed E-state index contributed by atoms with van der Waals surface area (Å²) in [4.78, 5) is 22.8. The van der Waals surface area contributed by atoms with E-state index in [-0.39, 0.29) is 16.8 Å². The molecule has 6 nitrogen and oxygen atoms in total. The van der Waals surface area contributed by atoms with E-state index in [2.05, 4.69) is 115 Å². The predicted molar refractivity (Wildman–Crippen MR) is 163 cm³/mol. The van der Waals surface area contributed by atoms with E-state index in [0.717, 1.165) is 44.3 Å². The molecule has 0 radical (unpaired) electrons. The molecule has 0 saturated carbocycles. The minimum absolute atomic E-state index is 0.00642. The second-order valence-electron chi connectivity index (χ2n) is 12.7. The molecule has 40 heavy (non-hydrogen) atoms. The van der Waals surface area contributed by atoms with Crippen LogP contribution in [0.3, 0.4) is 0 Å². The van der Waals surface area contributed by atoms with Crippen LogP contribution >= 0.6 is 0 Å². The van der Waals surface area contributed by atoms with Gasteiger partial charge < -0.3 is 14.5 Å². The molecule has 4 atom stereocenters. The Kier molecular flexibility index (Phi) is 6.82. The zero-order valence-electron chi connectivity index (χ0n) is 25.0. The third-order valence-electron chi connectivity index (χ3n) is 10.4. The second-order valence-corrected chi connectivity index (χ2v) is 12.7. The molecule has 0 N–H and O–H groups in total. The molecule has 4 heterocycles. The fraction of sp³-hybridized carbons (Fsp3) is 0.500. The van der Waals surface area contributed by atoms with Crippen LogP contribution in [0.15, 0.2) is 71.8 Å². The van der Waals surface area contributed by atoms with Gasteiger partial charge in [-0.1, -0.05) is 48.6 Å². The molecule has 2 saturated heterocycles. The molecule has 2 fully saturated rings. The highest BCUT2D eigenvalue weighted by Gasteiger charge is 2.55. The first kappa shape index (κ1) is 27.1. The van der Waals surface area contributed by atoms with E-state index in [1.54, 1.807) is 0 Å². The summed E-state index contributed by atoms with van der Waals surface area (Å²) >= 11 is 0. The molecule has 4 aliphatic rings. The number of ether oxygens (including phenoxy) is 1. The summed E-state index contributed by atoms with van der Waals surface area (Å²) in [5, 5.41) is 0. The van der Waals surface area contributed by atoms with Crippen LogP contribution in [-0.4, -0.2) is 76.0 Å². The lowest BCUT2D eigenvalue weighted by Crippen LogP contribution is -2.46. The first-order valence-corrected chi connectivity index (χ1v) is 14.7. The van der Waals surface area contributed by atoms with Crippen molar-refractivity contribution in [3.8, 4) is 0 Å². The van der Waals surface area contributed by atoms with E-state index in [0.29, 0.717) is 24.5 Å². The van der Waals surface area contributed by atoms with E-state index in [9.17, 15) is 4.79 Å². The third kappa shape index (κ3) is 4.02. The van der Waals surface area contributed by atoms with E-state index in [4.69, 9.17) is 4.74 Å². The van der Waals surface area contributed by atoms with Crippen LogP contribution in [-0.2, 0) is 20.4 Å². The van der Waals surface area contributed by atoms with E-state index in [1.807, 2.05) is 6.92 Å². The average Bonchev–Trinajstić information content (AvgIpc) is 3.64. The summed E-state index contributed by atoms with van der Waals surface area (Å²) in [6, 6.07) is 17.6. The summed E-state index contributed by atoms with van der Waals surface area (Å²) < 4.78 is 5.82. The van der Waals surface area contributed by atoms with Gasteiger partial charge in [0.1, 0.15) is 6.61 Å². The largest absolute Gasteiger partial charge is 0.458 e. The number of nitrogens with zero attached hydrogens (tertiary/aromatic N) is 4. The zero-order chi connectivity index (χ0) is 28.2. The zero-order valence-corrected chi connectivity index (χ0v) is 25.0. The van der Waals surface area contributed by atoms with Crippen molar-refractivity contribution in [3.63, 3.8) is 0 Å². The number of anilines is 2. The number of allylic oxidation sites excluding steroid dienone is 2. The Morgan fingerprint density at radius 2 is 1.27 bits per heavy atom. The molecule has 6 rings (SSSR count). The van der Waals surface area contributed by atoms with Crippen LogP contribution in [0.25, 0.3) is 0 Å². The highest BCUT2D eigenvalue weighted by atomic mass is 16.5. The first-order chi connectivity index (χ1) is 19.2. The SMILES string of the molecule is C/C(=C\CC12CCN(C)C1N(C)c1ccccc12)COC(=O)/C(C)=C/CC12CCN(C)C1N(C)c1ccccc12. The Morgan fingerprint density at radius 1 is 0.800 bits per heavy atom. The molecule has 0 spiro atoms. The molecule has 2 aromatic carbocycles. The molecule has 0 bridgehead atoms. The second kappa shape index (κ2) is 10.1. The lowest BCUT2D eigenvalue weighted by molar-refractivity contribution is -0.138. The Morgan fingerprint density at radius 3 is 1.80 bits per heavy atom. The minimum Gasteiger partial charge on any atom is -0.458 e. The van der Waals surface area contributed by atoms with Crippen molar-refractivity contribution in [1.29, 1.82) is 0 Å². The molecule has 4 aliphatic heterocycles. The van der Waals surface area contributed by atoms with E-state index in [1.165, 1.54) is 22.5 Å². The lowest BCUT2D eigenvalue weighted by Gasteiger charge is -2.34. The van der Waals surface area contributed by atoms with Crippen molar-refractivity contribution in [2.24, 2.45) is 0 Å². The van der Waals surface area contributed by atoms with Gasteiger partial charge in [-0.3, -0.25) is 9.80 Å². The standard InChI is InChI=1S/C34H44N4O2/c1-24(15-17-33-19-21-35(3)31(33)37(5)28-13-9-7-11-26(28)33)23-40-30(39)25(2)16-18-34-20-22-36(4)32(34)38(6)29-14-10-8-12-27(29)34/h7-16,31-32H,17-23H2,1-6H3/b24-15+,25-16+. The van der Waals surface area contributed by atoms with Crippen molar-refractivity contribution in [2.75, 3.05) is 57.7 Å². The van der Waals surface area contributed by atoms with Gasteiger partial charge in [0.15, 0.2) is 0 Å². The van der Waals surface area contributed by atoms with Crippen LogP contribution in [0.5, 0.6) is 0 Å². The lowest BCUT2D eigenvalue weighted by atomic mass is 9.76. The number of hydrogen-bond donors (Lipinski definition) is 0. The Bertz CT molecular complexity index is 1370.